The molecule has 1 aliphatic carbocycles. The molecule has 0 bridgehead atoms. The van der Waals surface area contributed by atoms with Crippen LogP contribution in [0.2, 0.25) is 0 Å². The van der Waals surface area contributed by atoms with E-state index in [2.05, 4.69) is 32.9 Å². The third-order valence-electron chi connectivity index (χ3n) is 4.92. The first-order valence-corrected chi connectivity index (χ1v) is 7.70. The Morgan fingerprint density at radius 3 is 2.67 bits per heavy atom. The second-order valence-electron chi connectivity index (χ2n) is 6.45. The van der Waals surface area contributed by atoms with Gasteiger partial charge in [-0.2, -0.15) is 0 Å². The predicted molar refractivity (Wildman–Crippen MR) is 84.3 cm³/mol. The van der Waals surface area contributed by atoms with Gasteiger partial charge in [-0.15, -0.1) is 0 Å². The highest BCUT2D eigenvalue weighted by Crippen LogP contribution is 2.35. The molecule has 0 N–H and O–H groups in total. The molecule has 1 aromatic carbocycles. The van der Waals surface area contributed by atoms with Gasteiger partial charge in [-0.25, -0.2) is 0 Å². The molecule has 1 heterocycles. The number of nitrogens with zero attached hydrogens (tertiary/aromatic N) is 1. The van der Waals surface area contributed by atoms with Crippen molar-refractivity contribution in [1.29, 1.82) is 0 Å². The number of furan rings is 1. The average molecular weight is 285 g/mol. The van der Waals surface area contributed by atoms with Crippen LogP contribution in [0.4, 0.5) is 0 Å². The number of carbonyl (C=O) groups is 1. The molecular weight excluding hydrogens is 262 g/mol. The van der Waals surface area contributed by atoms with Crippen LogP contribution in [0.1, 0.15) is 36.5 Å². The summed E-state index contributed by atoms with van der Waals surface area (Å²) in [6.07, 6.45) is 4.66. The first kappa shape index (κ1) is 14.2. The van der Waals surface area contributed by atoms with Crippen molar-refractivity contribution < 1.29 is 9.21 Å². The Bertz CT molecular complexity index is 682. The standard InChI is InChI=1S/C18H23NO2/c1-11-7-16-15(10-21-17(16)8-12(11)2)9-18(20)19(4)13(3)14-5-6-14/h7-8,10,13-14H,5-6,9H2,1-4H3. The molecule has 21 heavy (non-hydrogen) atoms. The van der Waals surface area contributed by atoms with Gasteiger partial charge in [0.2, 0.25) is 5.91 Å². The van der Waals surface area contributed by atoms with Crippen molar-refractivity contribution in [2.24, 2.45) is 5.92 Å². The maximum absolute atomic E-state index is 12.5. The van der Waals surface area contributed by atoms with Crippen molar-refractivity contribution in [2.75, 3.05) is 7.05 Å². The molecule has 1 fully saturated rings. The Balaban J connectivity index is 1.81. The number of likely N-dealkylation sites (N-methyl/N-ethyl adjacent to an activating group) is 1. The fourth-order valence-electron chi connectivity index (χ4n) is 2.88. The second-order valence-corrected chi connectivity index (χ2v) is 6.45. The Labute approximate surface area is 125 Å². The van der Waals surface area contributed by atoms with Crippen molar-refractivity contribution in [3.8, 4) is 0 Å². The number of rotatable bonds is 4. The van der Waals surface area contributed by atoms with E-state index in [1.165, 1.54) is 24.0 Å². The van der Waals surface area contributed by atoms with Crippen LogP contribution in [-0.2, 0) is 11.2 Å². The van der Waals surface area contributed by atoms with E-state index in [0.717, 1.165) is 16.5 Å². The molecule has 0 saturated heterocycles. The highest BCUT2D eigenvalue weighted by Gasteiger charge is 2.32. The van der Waals surface area contributed by atoms with Gasteiger partial charge in [-0.05, 0) is 62.8 Å². The van der Waals surface area contributed by atoms with Crippen LogP contribution in [0.3, 0.4) is 0 Å². The smallest absolute Gasteiger partial charge is 0.227 e. The van der Waals surface area contributed by atoms with E-state index in [9.17, 15) is 4.79 Å². The normalized spacial score (nSPS) is 16.2. The van der Waals surface area contributed by atoms with E-state index < -0.39 is 0 Å². The molecule has 3 nitrogen and oxygen atoms in total. The maximum Gasteiger partial charge on any atom is 0.227 e. The minimum atomic E-state index is 0.176. The van der Waals surface area contributed by atoms with Crippen LogP contribution in [-0.4, -0.2) is 23.9 Å². The van der Waals surface area contributed by atoms with Crippen LogP contribution in [0, 0.1) is 19.8 Å². The summed E-state index contributed by atoms with van der Waals surface area (Å²) in [4.78, 5) is 14.4. The molecule has 3 rings (SSSR count). The van der Waals surface area contributed by atoms with Crippen LogP contribution in [0.15, 0.2) is 22.8 Å². The molecule has 1 amide bonds. The lowest BCUT2D eigenvalue weighted by molar-refractivity contribution is -0.131. The summed E-state index contributed by atoms with van der Waals surface area (Å²) < 4.78 is 5.62. The van der Waals surface area contributed by atoms with Gasteiger partial charge in [0, 0.05) is 24.0 Å². The molecule has 1 aromatic heterocycles. The quantitative estimate of drug-likeness (QED) is 0.855. The number of aryl methyl sites for hydroxylation is 2. The number of carbonyl (C=O) groups excluding carboxylic acids is 1. The minimum Gasteiger partial charge on any atom is -0.464 e. The number of amides is 1. The first-order valence-electron chi connectivity index (χ1n) is 7.70. The molecule has 0 radical (unpaired) electrons. The first-order chi connectivity index (χ1) is 9.97. The van der Waals surface area contributed by atoms with Crippen molar-refractivity contribution in [2.45, 2.75) is 46.1 Å². The molecule has 1 unspecified atom stereocenters. The van der Waals surface area contributed by atoms with Crippen molar-refractivity contribution >= 4 is 16.9 Å². The number of hydrogen-bond donors (Lipinski definition) is 0. The van der Waals surface area contributed by atoms with Crippen molar-refractivity contribution in [3.05, 3.63) is 35.1 Å². The minimum absolute atomic E-state index is 0.176. The molecule has 112 valence electrons. The zero-order valence-electron chi connectivity index (χ0n) is 13.3. The summed E-state index contributed by atoms with van der Waals surface area (Å²) in [5, 5.41) is 1.07. The van der Waals surface area contributed by atoms with E-state index in [4.69, 9.17) is 4.42 Å². The van der Waals surface area contributed by atoms with Crippen molar-refractivity contribution in [1.82, 2.24) is 4.90 Å². The molecule has 1 atom stereocenters. The summed E-state index contributed by atoms with van der Waals surface area (Å²) in [6, 6.07) is 4.52. The lowest BCUT2D eigenvalue weighted by Gasteiger charge is -2.24. The van der Waals surface area contributed by atoms with Crippen LogP contribution in [0.25, 0.3) is 11.0 Å². The van der Waals surface area contributed by atoms with E-state index >= 15 is 0 Å². The van der Waals surface area contributed by atoms with E-state index in [1.807, 2.05) is 11.9 Å². The Hall–Kier alpha value is -1.77. The molecule has 1 aliphatic rings. The average Bonchev–Trinajstić information content (AvgIpc) is 3.24. The highest BCUT2D eigenvalue weighted by molar-refractivity contribution is 5.88. The van der Waals surface area contributed by atoms with Gasteiger partial charge in [0.05, 0.1) is 12.7 Å². The molecule has 0 spiro atoms. The monoisotopic (exact) mass is 285 g/mol. The van der Waals surface area contributed by atoms with E-state index in [0.29, 0.717) is 18.4 Å². The fraction of sp³-hybridized carbons (Fsp3) is 0.500. The van der Waals surface area contributed by atoms with E-state index in [1.54, 1.807) is 6.26 Å². The van der Waals surface area contributed by atoms with Crippen LogP contribution >= 0.6 is 0 Å². The van der Waals surface area contributed by atoms with Gasteiger partial charge < -0.3 is 9.32 Å². The molecule has 0 aliphatic heterocycles. The number of fused-ring (bicyclic) bond motifs is 1. The molecular formula is C18H23NO2. The zero-order chi connectivity index (χ0) is 15.1. The number of benzene rings is 1. The van der Waals surface area contributed by atoms with Crippen LogP contribution in [0.5, 0.6) is 0 Å². The lowest BCUT2D eigenvalue weighted by Crippen LogP contribution is -2.37. The molecule has 3 heteroatoms. The summed E-state index contributed by atoms with van der Waals surface area (Å²) in [6.45, 7) is 6.32. The summed E-state index contributed by atoms with van der Waals surface area (Å²) >= 11 is 0. The lowest BCUT2D eigenvalue weighted by atomic mass is 10.0. The maximum atomic E-state index is 12.5. The number of hydrogen-bond acceptors (Lipinski definition) is 2. The predicted octanol–water partition coefficient (Wildman–Crippen LogP) is 3.85. The SMILES string of the molecule is Cc1cc2occ(CC(=O)N(C)C(C)C3CC3)c2cc1C. The fourth-order valence-corrected chi connectivity index (χ4v) is 2.88. The Morgan fingerprint density at radius 1 is 1.33 bits per heavy atom. The van der Waals surface area contributed by atoms with Gasteiger partial charge in [-0.1, -0.05) is 0 Å². The third-order valence-corrected chi connectivity index (χ3v) is 4.92. The van der Waals surface area contributed by atoms with Gasteiger partial charge in [0.15, 0.2) is 0 Å². The van der Waals surface area contributed by atoms with Crippen LogP contribution < -0.4 is 0 Å². The topological polar surface area (TPSA) is 33.5 Å². The largest absolute Gasteiger partial charge is 0.464 e. The summed E-state index contributed by atoms with van der Waals surface area (Å²) in [5.74, 6) is 0.875. The second kappa shape index (κ2) is 5.21. The summed E-state index contributed by atoms with van der Waals surface area (Å²) in [5.41, 5.74) is 4.32. The van der Waals surface area contributed by atoms with Crippen molar-refractivity contribution in [3.63, 3.8) is 0 Å². The third kappa shape index (κ3) is 2.69. The zero-order valence-corrected chi connectivity index (χ0v) is 13.3. The van der Waals surface area contributed by atoms with Gasteiger partial charge in [0.1, 0.15) is 5.58 Å². The van der Waals surface area contributed by atoms with Gasteiger partial charge in [-0.3, -0.25) is 4.79 Å². The summed E-state index contributed by atoms with van der Waals surface area (Å²) in [7, 11) is 1.92. The van der Waals surface area contributed by atoms with E-state index in [-0.39, 0.29) is 5.91 Å². The molecule has 2 aromatic rings. The van der Waals surface area contributed by atoms with Gasteiger partial charge >= 0.3 is 0 Å². The Kier molecular flexibility index (Phi) is 3.52. The molecule has 1 saturated carbocycles. The Morgan fingerprint density at radius 2 is 2.00 bits per heavy atom. The highest BCUT2D eigenvalue weighted by atomic mass is 16.3. The van der Waals surface area contributed by atoms with Gasteiger partial charge in [0.25, 0.3) is 0 Å².